The van der Waals surface area contributed by atoms with Crippen molar-refractivity contribution in [1.29, 1.82) is 0 Å². The van der Waals surface area contributed by atoms with Gasteiger partial charge in [-0.05, 0) is 50.1 Å². The largest absolute Gasteiger partial charge is 0.461 e. The number of aliphatic hydroxyl groups is 1. The molecule has 3 heteroatoms. The standard InChI is InChI=1S/C15H17BrO2/c1-9-6-10(2)15(13(16)7-9)14-5-4-12(18-14)8-11(3)17/h4-7,11,17H,8H2,1-3H3. The second kappa shape index (κ2) is 5.29. The van der Waals surface area contributed by atoms with Crippen molar-refractivity contribution in [3.05, 3.63) is 45.6 Å². The predicted molar refractivity (Wildman–Crippen MR) is 76.7 cm³/mol. The van der Waals surface area contributed by atoms with Crippen molar-refractivity contribution in [2.24, 2.45) is 0 Å². The van der Waals surface area contributed by atoms with Gasteiger partial charge in [0.1, 0.15) is 11.5 Å². The number of hydrogen-bond donors (Lipinski definition) is 1. The molecule has 1 aromatic heterocycles. The van der Waals surface area contributed by atoms with Crippen LogP contribution in [-0.4, -0.2) is 11.2 Å². The normalized spacial score (nSPS) is 12.7. The lowest BCUT2D eigenvalue weighted by Crippen LogP contribution is -2.02. The lowest BCUT2D eigenvalue weighted by atomic mass is 10.0. The molecule has 18 heavy (non-hydrogen) atoms. The Morgan fingerprint density at radius 1 is 1.28 bits per heavy atom. The van der Waals surface area contributed by atoms with Crippen molar-refractivity contribution in [1.82, 2.24) is 0 Å². The molecule has 0 radical (unpaired) electrons. The van der Waals surface area contributed by atoms with Gasteiger partial charge in [0.15, 0.2) is 0 Å². The van der Waals surface area contributed by atoms with Crippen LogP contribution in [-0.2, 0) is 6.42 Å². The second-order valence-corrected chi connectivity index (χ2v) is 5.61. The quantitative estimate of drug-likeness (QED) is 0.919. The molecule has 1 atom stereocenters. The molecule has 2 rings (SSSR count). The van der Waals surface area contributed by atoms with Crippen LogP contribution in [0.1, 0.15) is 23.8 Å². The van der Waals surface area contributed by atoms with E-state index in [-0.39, 0.29) is 6.10 Å². The van der Waals surface area contributed by atoms with Gasteiger partial charge in [0.2, 0.25) is 0 Å². The topological polar surface area (TPSA) is 33.4 Å². The summed E-state index contributed by atoms with van der Waals surface area (Å²) in [6.45, 7) is 5.90. The Hall–Kier alpha value is -1.06. The van der Waals surface area contributed by atoms with Crippen LogP contribution in [0.2, 0.25) is 0 Å². The zero-order chi connectivity index (χ0) is 13.3. The maximum atomic E-state index is 9.36. The van der Waals surface area contributed by atoms with Gasteiger partial charge in [0.25, 0.3) is 0 Å². The Balaban J connectivity index is 2.40. The molecule has 2 aromatic rings. The monoisotopic (exact) mass is 308 g/mol. The first kappa shape index (κ1) is 13.4. The summed E-state index contributed by atoms with van der Waals surface area (Å²) in [5.74, 6) is 1.65. The molecule has 1 aromatic carbocycles. The molecular formula is C15H17BrO2. The van der Waals surface area contributed by atoms with Crippen molar-refractivity contribution >= 4 is 15.9 Å². The molecule has 96 valence electrons. The summed E-state index contributed by atoms with van der Waals surface area (Å²) in [6.07, 6.45) is 0.161. The third kappa shape index (κ3) is 2.85. The molecule has 0 aliphatic heterocycles. The van der Waals surface area contributed by atoms with E-state index in [0.29, 0.717) is 6.42 Å². The average Bonchev–Trinajstić information content (AvgIpc) is 2.63. The molecule has 1 unspecified atom stereocenters. The Morgan fingerprint density at radius 3 is 2.61 bits per heavy atom. The molecular weight excluding hydrogens is 292 g/mol. The van der Waals surface area contributed by atoms with Crippen LogP contribution < -0.4 is 0 Å². The van der Waals surface area contributed by atoms with E-state index in [4.69, 9.17) is 4.42 Å². The van der Waals surface area contributed by atoms with E-state index >= 15 is 0 Å². The summed E-state index contributed by atoms with van der Waals surface area (Å²) in [4.78, 5) is 0. The van der Waals surface area contributed by atoms with Gasteiger partial charge in [-0.15, -0.1) is 0 Å². The van der Waals surface area contributed by atoms with Crippen molar-refractivity contribution in [2.75, 3.05) is 0 Å². The summed E-state index contributed by atoms with van der Waals surface area (Å²) in [6, 6.07) is 8.10. The van der Waals surface area contributed by atoms with Gasteiger partial charge >= 0.3 is 0 Å². The Morgan fingerprint density at radius 2 is 2.00 bits per heavy atom. The minimum absolute atomic E-state index is 0.383. The van der Waals surface area contributed by atoms with Gasteiger partial charge in [-0.2, -0.15) is 0 Å². The van der Waals surface area contributed by atoms with Gasteiger partial charge in [-0.25, -0.2) is 0 Å². The first-order valence-corrected chi connectivity index (χ1v) is 6.80. The number of hydrogen-bond acceptors (Lipinski definition) is 2. The predicted octanol–water partition coefficient (Wildman–Crippen LogP) is 4.25. The van der Waals surface area contributed by atoms with Crippen molar-refractivity contribution in [2.45, 2.75) is 33.3 Å². The number of rotatable bonds is 3. The highest BCUT2D eigenvalue weighted by Gasteiger charge is 2.12. The summed E-state index contributed by atoms with van der Waals surface area (Å²) < 4.78 is 6.83. The van der Waals surface area contributed by atoms with E-state index in [0.717, 1.165) is 21.6 Å². The van der Waals surface area contributed by atoms with E-state index in [1.54, 1.807) is 6.92 Å². The molecule has 0 fully saturated rings. The number of aryl methyl sites for hydroxylation is 2. The summed E-state index contributed by atoms with van der Waals surface area (Å²) >= 11 is 3.59. The number of benzene rings is 1. The van der Waals surface area contributed by atoms with Crippen molar-refractivity contribution < 1.29 is 9.52 Å². The molecule has 0 aliphatic carbocycles. The van der Waals surface area contributed by atoms with Crippen LogP contribution in [0.25, 0.3) is 11.3 Å². The third-order valence-electron chi connectivity index (χ3n) is 2.84. The number of furan rings is 1. The SMILES string of the molecule is Cc1cc(C)c(-c2ccc(CC(C)O)o2)c(Br)c1. The smallest absolute Gasteiger partial charge is 0.135 e. The maximum Gasteiger partial charge on any atom is 0.135 e. The fourth-order valence-electron chi connectivity index (χ4n) is 2.14. The first-order valence-electron chi connectivity index (χ1n) is 6.01. The molecule has 0 spiro atoms. The first-order chi connectivity index (χ1) is 8.47. The average molecular weight is 309 g/mol. The Bertz CT molecular complexity index is 532. The Kier molecular flexibility index (Phi) is 3.93. The fourth-order valence-corrected chi connectivity index (χ4v) is 3.01. The summed E-state index contributed by atoms with van der Waals surface area (Å²) in [5, 5.41) is 9.36. The van der Waals surface area contributed by atoms with Gasteiger partial charge in [-0.1, -0.05) is 22.0 Å². The van der Waals surface area contributed by atoms with Gasteiger partial charge in [-0.3, -0.25) is 0 Å². The molecule has 0 bridgehead atoms. The van der Waals surface area contributed by atoms with Gasteiger partial charge in [0.05, 0.1) is 6.10 Å². The third-order valence-corrected chi connectivity index (χ3v) is 3.46. The molecule has 1 N–H and O–H groups in total. The van der Waals surface area contributed by atoms with Gasteiger partial charge < -0.3 is 9.52 Å². The van der Waals surface area contributed by atoms with E-state index in [1.807, 2.05) is 12.1 Å². The number of halogens is 1. The molecule has 1 heterocycles. The lowest BCUT2D eigenvalue weighted by molar-refractivity contribution is 0.187. The summed E-state index contributed by atoms with van der Waals surface area (Å²) in [7, 11) is 0. The molecule has 0 aliphatic rings. The van der Waals surface area contributed by atoms with E-state index in [9.17, 15) is 5.11 Å². The minimum atomic E-state index is -0.383. The zero-order valence-electron chi connectivity index (χ0n) is 10.8. The second-order valence-electron chi connectivity index (χ2n) is 4.76. The number of aliphatic hydroxyl groups excluding tert-OH is 1. The van der Waals surface area contributed by atoms with E-state index in [1.165, 1.54) is 11.1 Å². The summed E-state index contributed by atoms with van der Waals surface area (Å²) in [5.41, 5.74) is 3.48. The lowest BCUT2D eigenvalue weighted by Gasteiger charge is -2.07. The van der Waals surface area contributed by atoms with Crippen LogP contribution in [0.4, 0.5) is 0 Å². The van der Waals surface area contributed by atoms with Crippen LogP contribution in [0.3, 0.4) is 0 Å². The van der Waals surface area contributed by atoms with Crippen LogP contribution in [0.15, 0.2) is 33.2 Å². The fraction of sp³-hybridized carbons (Fsp3) is 0.333. The Labute approximate surface area is 116 Å². The molecule has 0 amide bonds. The molecule has 0 saturated heterocycles. The molecule has 2 nitrogen and oxygen atoms in total. The van der Waals surface area contributed by atoms with E-state index in [2.05, 4.69) is 41.9 Å². The van der Waals surface area contributed by atoms with Crippen molar-refractivity contribution in [3.63, 3.8) is 0 Å². The zero-order valence-corrected chi connectivity index (χ0v) is 12.4. The highest BCUT2D eigenvalue weighted by molar-refractivity contribution is 9.10. The van der Waals surface area contributed by atoms with Crippen LogP contribution in [0, 0.1) is 13.8 Å². The van der Waals surface area contributed by atoms with Crippen LogP contribution >= 0.6 is 15.9 Å². The molecule has 0 saturated carbocycles. The van der Waals surface area contributed by atoms with E-state index < -0.39 is 0 Å². The minimum Gasteiger partial charge on any atom is -0.461 e. The maximum absolute atomic E-state index is 9.36. The highest BCUT2D eigenvalue weighted by atomic mass is 79.9. The van der Waals surface area contributed by atoms with Crippen molar-refractivity contribution in [3.8, 4) is 11.3 Å². The highest BCUT2D eigenvalue weighted by Crippen LogP contribution is 2.33. The van der Waals surface area contributed by atoms with Gasteiger partial charge in [0, 0.05) is 16.5 Å². The van der Waals surface area contributed by atoms with Crippen LogP contribution in [0.5, 0.6) is 0 Å².